The maximum Gasteiger partial charge on any atom is 0.306 e. The number of imide groups is 1. The minimum absolute atomic E-state index is 0.00157. The highest BCUT2D eigenvalue weighted by atomic mass is 32.1. The Labute approximate surface area is 685 Å². The van der Waals surface area contributed by atoms with Crippen molar-refractivity contribution < 1.29 is 120 Å². The van der Waals surface area contributed by atoms with E-state index in [1.165, 1.54) is 37.4 Å². The first-order chi connectivity index (χ1) is 55.5. The molecule has 656 valence electrons. The van der Waals surface area contributed by atoms with Gasteiger partial charge in [0.2, 0.25) is 41.4 Å². The first-order valence-corrected chi connectivity index (χ1v) is 40.7. The predicted molar refractivity (Wildman–Crippen MR) is 428 cm³/mol. The summed E-state index contributed by atoms with van der Waals surface area (Å²) in [4.78, 5) is 165. The molecule has 10 amide bonds. The largest absolute Gasteiger partial charge is 0.506 e. The maximum absolute atomic E-state index is 14.4. The van der Waals surface area contributed by atoms with Crippen LogP contribution in [0.2, 0.25) is 0 Å². The fourth-order valence-corrected chi connectivity index (χ4v) is 12.8. The van der Waals surface area contributed by atoms with Gasteiger partial charge < -0.3 is 104 Å². The number of likely N-dealkylation sites (N-methyl/N-ethyl adjacent to an activating group) is 2. The van der Waals surface area contributed by atoms with Crippen molar-refractivity contribution in [2.75, 3.05) is 185 Å². The normalized spacial score (nSPS) is 14.2. The van der Waals surface area contributed by atoms with Gasteiger partial charge in [-0.3, -0.25) is 67.3 Å². The zero-order valence-corrected chi connectivity index (χ0v) is 70.6. The van der Waals surface area contributed by atoms with Crippen molar-refractivity contribution in [1.82, 2.24) is 51.6 Å². The van der Waals surface area contributed by atoms with Crippen LogP contribution in [-0.2, 0) is 111 Å². The average molecular weight is 1670 g/mol. The fraction of sp³-hybridized carbons (Fsp3) is 0.709. The Morgan fingerprint density at radius 3 is 1.66 bits per heavy atom. The molecule has 0 aliphatic carbocycles. The number of amides is 10. The van der Waals surface area contributed by atoms with Crippen molar-refractivity contribution in [3.8, 4) is 5.75 Å². The molecule has 36 nitrogen and oxygen atoms in total. The Balaban J connectivity index is 1.45. The average Bonchev–Trinajstić information content (AvgIpc) is 1.48. The molecule has 2 heterocycles. The highest BCUT2D eigenvalue weighted by molar-refractivity contribution is 7.09. The summed E-state index contributed by atoms with van der Waals surface area (Å²) in [6, 6.07) is 0.522. The van der Waals surface area contributed by atoms with Crippen LogP contribution in [0, 0.1) is 23.7 Å². The van der Waals surface area contributed by atoms with Gasteiger partial charge >= 0.3 is 11.9 Å². The number of carbonyl (C=O) groups excluding carboxylic acids is 11. The number of phenolic OH excluding ortho intramolecular Hbond substituents is 1. The molecule has 3 rings (SSSR count). The predicted octanol–water partition coefficient (Wildman–Crippen LogP) is 3.12. The highest BCUT2D eigenvalue weighted by Crippen LogP contribution is 2.32. The van der Waals surface area contributed by atoms with E-state index in [0.717, 1.165) is 28.4 Å². The molecule has 0 unspecified atom stereocenters. The van der Waals surface area contributed by atoms with Crippen LogP contribution in [0.15, 0.2) is 35.7 Å². The van der Waals surface area contributed by atoms with Crippen molar-refractivity contribution in [2.45, 2.75) is 162 Å². The first kappa shape index (κ1) is 102. The number of aromatic nitrogens is 1. The maximum atomic E-state index is 14.4. The van der Waals surface area contributed by atoms with Crippen LogP contribution in [0.4, 0.5) is 5.69 Å². The van der Waals surface area contributed by atoms with Crippen molar-refractivity contribution >= 4 is 88.0 Å². The lowest BCUT2D eigenvalue weighted by molar-refractivity contribution is -0.149. The molecule has 0 bridgehead atoms. The van der Waals surface area contributed by atoms with Gasteiger partial charge in [0.1, 0.15) is 35.1 Å². The topological polar surface area (TPSA) is 454 Å². The van der Waals surface area contributed by atoms with Gasteiger partial charge in [0, 0.05) is 89.6 Å². The number of esters is 1. The molecule has 1 aromatic carbocycles. The molecule has 0 radical (unpaired) electrons. The summed E-state index contributed by atoms with van der Waals surface area (Å²) in [6.07, 6.45) is 2.93. The second-order valence-electron chi connectivity index (χ2n) is 28.8. The number of hydrogen-bond acceptors (Lipinski definition) is 27. The molecule has 0 fully saturated rings. The van der Waals surface area contributed by atoms with Crippen molar-refractivity contribution in [1.29, 1.82) is 0 Å². The molecule has 0 saturated carbocycles. The van der Waals surface area contributed by atoms with Crippen molar-refractivity contribution in [3.63, 3.8) is 0 Å². The summed E-state index contributed by atoms with van der Waals surface area (Å²) in [5.74, 6) is -8.44. The van der Waals surface area contributed by atoms with E-state index >= 15 is 0 Å². The lowest BCUT2D eigenvalue weighted by Crippen LogP contribution is -2.58. The number of phenols is 1. The molecule has 2 aromatic rings. The summed E-state index contributed by atoms with van der Waals surface area (Å²) in [5.41, 5.74) is 0.360. The van der Waals surface area contributed by atoms with Gasteiger partial charge in [-0.2, -0.15) is 0 Å². The number of carboxylic acids is 1. The number of methoxy groups -OCH3 is 1. The minimum atomic E-state index is -1.13. The number of nitrogens with one attached hydrogen (secondary N) is 7. The molecule has 9 N–H and O–H groups in total. The number of unbranched alkanes of at least 4 members (excludes halogenated alkanes) is 1. The lowest BCUT2D eigenvalue weighted by Gasteiger charge is -2.37. The van der Waals surface area contributed by atoms with Crippen LogP contribution in [0.3, 0.4) is 0 Å². The molecule has 0 spiro atoms. The third kappa shape index (κ3) is 42.8. The van der Waals surface area contributed by atoms with E-state index in [2.05, 4.69) is 42.2 Å². The number of nitrogens with zero attached hydrogens (tertiary/aromatic N) is 4. The van der Waals surface area contributed by atoms with E-state index < -0.39 is 102 Å². The molecule has 8 atom stereocenters. The summed E-state index contributed by atoms with van der Waals surface area (Å²) in [7, 11) is 6.88. The molecule has 116 heavy (non-hydrogen) atoms. The number of carboxylic acid groups (broad SMARTS) is 1. The van der Waals surface area contributed by atoms with Gasteiger partial charge in [-0.25, -0.2) is 4.98 Å². The van der Waals surface area contributed by atoms with Gasteiger partial charge in [0.05, 0.1) is 143 Å². The van der Waals surface area contributed by atoms with Crippen LogP contribution < -0.4 is 37.2 Å². The molecule has 0 saturated heterocycles. The van der Waals surface area contributed by atoms with E-state index in [1.54, 1.807) is 19.1 Å². The van der Waals surface area contributed by atoms with Crippen LogP contribution in [0.1, 0.15) is 147 Å². The van der Waals surface area contributed by atoms with E-state index in [9.17, 15) is 67.7 Å². The number of benzene rings is 1. The summed E-state index contributed by atoms with van der Waals surface area (Å²) in [5, 5.41) is 41.7. The number of aromatic hydroxyl groups is 1. The summed E-state index contributed by atoms with van der Waals surface area (Å²) >= 11 is 1.06. The summed E-state index contributed by atoms with van der Waals surface area (Å²) in [6.45, 7) is 21.2. The number of thiazole rings is 1. The van der Waals surface area contributed by atoms with Crippen LogP contribution in [0.25, 0.3) is 0 Å². The zero-order valence-electron chi connectivity index (χ0n) is 69.8. The van der Waals surface area contributed by atoms with Crippen LogP contribution in [-0.4, -0.2) is 311 Å². The smallest absolute Gasteiger partial charge is 0.306 e. The van der Waals surface area contributed by atoms with E-state index in [1.807, 2.05) is 60.5 Å². The highest BCUT2D eigenvalue weighted by Gasteiger charge is 2.38. The Hall–Kier alpha value is -8.21. The first-order valence-electron chi connectivity index (χ1n) is 39.8. The Morgan fingerprint density at radius 2 is 1.15 bits per heavy atom. The van der Waals surface area contributed by atoms with Gasteiger partial charge in [-0.15, -0.1) is 11.3 Å². The Kier molecular flexibility index (Phi) is 52.3. The summed E-state index contributed by atoms with van der Waals surface area (Å²) < 4.78 is 59.9. The second-order valence-corrected chi connectivity index (χ2v) is 29.7. The third-order valence-electron chi connectivity index (χ3n) is 18.4. The zero-order chi connectivity index (χ0) is 85.7. The van der Waals surface area contributed by atoms with Gasteiger partial charge in [0.15, 0.2) is 6.10 Å². The van der Waals surface area contributed by atoms with Crippen molar-refractivity contribution in [2.24, 2.45) is 23.7 Å². The number of hydrogen-bond donors (Lipinski definition) is 9. The number of anilines is 1. The second kappa shape index (κ2) is 59.4. The fourth-order valence-electron chi connectivity index (χ4n) is 12.0. The van der Waals surface area contributed by atoms with Crippen LogP contribution >= 0.6 is 11.3 Å². The molecule has 1 aliphatic heterocycles. The third-order valence-corrected chi connectivity index (χ3v) is 19.3. The quantitative estimate of drug-likeness (QED) is 0.0199. The van der Waals surface area contributed by atoms with Crippen LogP contribution in [0.5, 0.6) is 5.75 Å². The van der Waals surface area contributed by atoms with E-state index in [0.29, 0.717) is 131 Å². The van der Waals surface area contributed by atoms with Crippen molar-refractivity contribution in [3.05, 3.63) is 52.0 Å². The molecule has 1 aliphatic rings. The molecular weight excluding hydrogens is 1530 g/mol. The number of carbonyl (C=O) groups is 12. The Morgan fingerprint density at radius 1 is 0.603 bits per heavy atom. The monoisotopic (exact) mass is 1660 g/mol. The van der Waals surface area contributed by atoms with E-state index in [-0.39, 0.29) is 148 Å². The van der Waals surface area contributed by atoms with E-state index in [4.69, 9.17) is 52.1 Å². The number of rotatable bonds is 67. The SMILES string of the molecule is CC[C@H](C)[C@H](NC(=O)[C@H](C(C)C)N(C)C)C(=O)N(C)[C@H](C[C@@H](OC(C)=O)c1nc(C(=O)N[C@@H](Cc2ccc(O)c(NC(=O)CNC(=O)CCCNC(=O)[C@H](CCCCNC(=O)COCCOCCOCCOCCOCCOCCOCCOCCOCCOC)NC(=O)CCCN3C(=O)C=CC3=O)c2)C[C@H](C)C(=O)O)cs1)C(C)C. The lowest BCUT2D eigenvalue weighted by atomic mass is 9.92. The molecular formula is C79H129N11O25S. The van der Waals surface area contributed by atoms with Gasteiger partial charge in [0.25, 0.3) is 17.7 Å². The van der Waals surface area contributed by atoms with Gasteiger partial charge in [-0.1, -0.05) is 61.0 Å². The minimum Gasteiger partial charge on any atom is -0.506 e. The van der Waals surface area contributed by atoms with Gasteiger partial charge in [-0.05, 0) is 94.5 Å². The molecule has 37 heteroatoms. The molecule has 1 aromatic heterocycles. The number of aliphatic carboxylic acids is 1. The standard InChI is InChI=1S/C79H129N11O25S/c1-13-55(6)72(87-76(101)73(54(4)5)88(9)10)78(102)89(11)63(53(2)3)49-65(115-57(8)91)77-86-62(52-116-77)75(100)83-59(46-56(7)79(103)104)47-58-21-22-64(92)61(48-58)85-68(95)50-82-66(93)19-16-26-81-74(99)60(84-67(94)20-17-27-90-70(97)23-24-71(90)98)18-14-15-25-80-69(96)51-114-45-44-113-43-42-112-41-40-111-39-38-110-37-36-109-35-34-108-33-32-107-31-30-106-29-28-105-12/h21-24,48,52-56,59-60,63,65,72-73,92H,13-20,25-47,49-51H2,1-12H3,(H,80,96)(H,81,99)(H,82,93)(H,83,100)(H,84,94)(H,85,95)(H,87,101)(H,103,104)/t55-,56-,59+,60-,63+,65+,72-,73-/m0/s1. The number of ether oxygens (including phenoxy) is 11. The Bertz CT molecular complexity index is 3300.